The van der Waals surface area contributed by atoms with Crippen molar-refractivity contribution in [2.24, 2.45) is 0 Å². The summed E-state index contributed by atoms with van der Waals surface area (Å²) >= 11 is 7.18. The second kappa shape index (κ2) is 7.84. The molecule has 1 fully saturated rings. The maximum atomic E-state index is 12.8. The van der Waals surface area contributed by atoms with Gasteiger partial charge in [0, 0.05) is 24.7 Å². The van der Waals surface area contributed by atoms with Crippen LogP contribution in [-0.2, 0) is 21.3 Å². The first-order valence-corrected chi connectivity index (χ1v) is 10.4. The molecule has 0 aliphatic carbocycles. The highest BCUT2D eigenvalue weighted by molar-refractivity contribution is 7.89. The van der Waals surface area contributed by atoms with Gasteiger partial charge in [-0.2, -0.15) is 4.31 Å². The molecule has 1 aliphatic rings. The van der Waals surface area contributed by atoms with Gasteiger partial charge >= 0.3 is 0 Å². The lowest BCUT2D eigenvalue weighted by molar-refractivity contribution is 0.0730. The molecule has 0 saturated carbocycles. The molecule has 6 nitrogen and oxygen atoms in total. The fraction of sp³-hybridized carbons (Fsp3) is 0.312. The van der Waals surface area contributed by atoms with Gasteiger partial charge in [-0.25, -0.2) is 8.42 Å². The number of hydrogen-bond acceptors (Lipinski definition) is 5. The molecule has 0 spiro atoms. The van der Waals surface area contributed by atoms with Crippen molar-refractivity contribution in [2.75, 3.05) is 26.3 Å². The van der Waals surface area contributed by atoms with E-state index in [9.17, 15) is 13.2 Å². The number of sulfonamides is 1. The summed E-state index contributed by atoms with van der Waals surface area (Å²) in [4.78, 5) is 12.7. The summed E-state index contributed by atoms with van der Waals surface area (Å²) in [7, 11) is -3.71. The number of thiophene rings is 1. The number of carbonyl (C=O) groups excluding carboxylic acids is 1. The number of morpholine rings is 1. The van der Waals surface area contributed by atoms with Crippen LogP contribution < -0.4 is 5.32 Å². The maximum absolute atomic E-state index is 12.8. The molecule has 1 aliphatic heterocycles. The van der Waals surface area contributed by atoms with E-state index in [4.69, 9.17) is 16.3 Å². The van der Waals surface area contributed by atoms with Crippen LogP contribution in [-0.4, -0.2) is 44.9 Å². The quantitative estimate of drug-likeness (QED) is 0.835. The van der Waals surface area contributed by atoms with Crippen molar-refractivity contribution < 1.29 is 17.9 Å². The molecule has 0 radical (unpaired) electrons. The first kappa shape index (κ1) is 18.3. The van der Waals surface area contributed by atoms with Crippen molar-refractivity contribution in [1.82, 2.24) is 9.62 Å². The molecule has 9 heteroatoms. The van der Waals surface area contributed by atoms with Crippen LogP contribution in [0.25, 0.3) is 0 Å². The molecule has 1 aromatic heterocycles. The predicted octanol–water partition coefficient (Wildman–Crippen LogP) is 2.35. The summed E-state index contributed by atoms with van der Waals surface area (Å²) in [6.45, 7) is 1.53. The Bertz CT molecular complexity index is 861. The van der Waals surface area contributed by atoms with Gasteiger partial charge in [-0.1, -0.05) is 29.8 Å². The third-order valence-corrected chi connectivity index (χ3v) is 7.17. The highest BCUT2D eigenvalue weighted by Crippen LogP contribution is 2.26. The van der Waals surface area contributed by atoms with Crippen molar-refractivity contribution in [2.45, 2.75) is 11.4 Å². The Balaban J connectivity index is 1.76. The second-order valence-corrected chi connectivity index (χ2v) is 8.63. The monoisotopic (exact) mass is 400 g/mol. The topological polar surface area (TPSA) is 75.7 Å². The molecule has 1 saturated heterocycles. The number of carbonyl (C=O) groups is 1. The van der Waals surface area contributed by atoms with Crippen LogP contribution in [0.2, 0.25) is 5.02 Å². The van der Waals surface area contributed by atoms with Crippen molar-refractivity contribution in [3.8, 4) is 0 Å². The van der Waals surface area contributed by atoms with Gasteiger partial charge in [-0.3, -0.25) is 4.79 Å². The summed E-state index contributed by atoms with van der Waals surface area (Å²) in [5.41, 5.74) is 0.770. The van der Waals surface area contributed by atoms with E-state index in [1.54, 1.807) is 17.5 Å². The van der Waals surface area contributed by atoms with Gasteiger partial charge < -0.3 is 10.1 Å². The molecule has 3 rings (SSSR count). The lowest BCUT2D eigenvalue weighted by Crippen LogP contribution is -2.41. The lowest BCUT2D eigenvalue weighted by atomic mass is 10.2. The molecule has 0 bridgehead atoms. The Morgan fingerprint density at radius 1 is 1.24 bits per heavy atom. The van der Waals surface area contributed by atoms with Gasteiger partial charge in [0.15, 0.2) is 0 Å². The first-order valence-electron chi connectivity index (χ1n) is 7.67. The second-order valence-electron chi connectivity index (χ2n) is 5.40. The first-order chi connectivity index (χ1) is 12.0. The van der Waals surface area contributed by atoms with Crippen LogP contribution in [0.15, 0.2) is 40.6 Å². The molecule has 0 atom stereocenters. The van der Waals surface area contributed by atoms with Gasteiger partial charge in [-0.05, 0) is 23.1 Å². The summed E-state index contributed by atoms with van der Waals surface area (Å²) in [5, 5.41) is 4.90. The number of ether oxygens (including phenoxy) is 1. The Hall–Kier alpha value is -1.45. The highest BCUT2D eigenvalue weighted by Gasteiger charge is 2.31. The number of nitrogens with zero attached hydrogens (tertiary/aromatic N) is 1. The number of benzene rings is 1. The van der Waals surface area contributed by atoms with Gasteiger partial charge in [0.2, 0.25) is 10.0 Å². The predicted molar refractivity (Wildman–Crippen MR) is 96.5 cm³/mol. The van der Waals surface area contributed by atoms with E-state index in [1.807, 2.05) is 12.1 Å². The van der Waals surface area contributed by atoms with Crippen LogP contribution in [0.4, 0.5) is 0 Å². The van der Waals surface area contributed by atoms with E-state index in [-0.39, 0.29) is 16.3 Å². The Kier molecular flexibility index (Phi) is 5.75. The fourth-order valence-electron chi connectivity index (χ4n) is 2.49. The zero-order valence-corrected chi connectivity index (χ0v) is 15.7. The Morgan fingerprint density at radius 3 is 2.68 bits per heavy atom. The minimum absolute atomic E-state index is 0.0380. The fourth-order valence-corrected chi connectivity index (χ4v) is 5.42. The number of hydrogen-bond donors (Lipinski definition) is 1. The SMILES string of the molecule is O=C(NCc1ccccc1Cl)c1sccc1S(=O)(=O)N1CCOCC1. The van der Waals surface area contributed by atoms with E-state index in [0.717, 1.165) is 16.9 Å². The standard InChI is InChI=1S/C16H17ClN2O4S2/c17-13-4-2-1-3-12(13)11-18-16(20)15-14(5-10-24-15)25(21,22)19-6-8-23-9-7-19/h1-5,10H,6-9,11H2,(H,18,20). The van der Waals surface area contributed by atoms with Gasteiger partial charge in [-0.15, -0.1) is 11.3 Å². The van der Waals surface area contributed by atoms with E-state index >= 15 is 0 Å². The van der Waals surface area contributed by atoms with Crippen LogP contribution in [0.3, 0.4) is 0 Å². The minimum atomic E-state index is -3.71. The molecular formula is C16H17ClN2O4S2. The largest absolute Gasteiger partial charge is 0.379 e. The highest BCUT2D eigenvalue weighted by atomic mass is 35.5. The van der Waals surface area contributed by atoms with Crippen LogP contribution in [0, 0.1) is 0 Å². The third kappa shape index (κ3) is 4.04. The van der Waals surface area contributed by atoms with Crippen LogP contribution >= 0.6 is 22.9 Å². The summed E-state index contributed by atoms with van der Waals surface area (Å²) in [6.07, 6.45) is 0. The average molecular weight is 401 g/mol. The molecule has 0 unspecified atom stereocenters. The number of nitrogens with one attached hydrogen (secondary N) is 1. The van der Waals surface area contributed by atoms with E-state index in [2.05, 4.69) is 5.32 Å². The van der Waals surface area contributed by atoms with E-state index in [1.165, 1.54) is 10.4 Å². The zero-order chi connectivity index (χ0) is 17.9. The van der Waals surface area contributed by atoms with Crippen molar-refractivity contribution in [3.63, 3.8) is 0 Å². The van der Waals surface area contributed by atoms with Gasteiger partial charge in [0.1, 0.15) is 9.77 Å². The summed E-state index contributed by atoms with van der Waals surface area (Å²) < 4.78 is 32.1. The normalized spacial score (nSPS) is 15.9. The molecule has 2 heterocycles. The molecule has 25 heavy (non-hydrogen) atoms. The lowest BCUT2D eigenvalue weighted by Gasteiger charge is -2.26. The Morgan fingerprint density at radius 2 is 1.96 bits per heavy atom. The van der Waals surface area contributed by atoms with Crippen molar-refractivity contribution >= 4 is 38.9 Å². The number of rotatable bonds is 5. The number of halogens is 1. The zero-order valence-electron chi connectivity index (χ0n) is 13.3. The van der Waals surface area contributed by atoms with Crippen LogP contribution in [0.1, 0.15) is 15.2 Å². The maximum Gasteiger partial charge on any atom is 0.263 e. The molecule has 1 amide bonds. The Labute approximate surface area is 155 Å². The molecular weight excluding hydrogens is 384 g/mol. The molecule has 1 aromatic carbocycles. The molecule has 1 N–H and O–H groups in total. The summed E-state index contributed by atoms with van der Waals surface area (Å²) in [6, 6.07) is 8.65. The minimum Gasteiger partial charge on any atom is -0.379 e. The number of amides is 1. The van der Waals surface area contributed by atoms with Crippen LogP contribution in [0.5, 0.6) is 0 Å². The molecule has 2 aromatic rings. The average Bonchev–Trinajstić information content (AvgIpc) is 3.12. The van der Waals surface area contributed by atoms with E-state index < -0.39 is 15.9 Å². The summed E-state index contributed by atoms with van der Waals surface area (Å²) in [5.74, 6) is -0.429. The molecule has 134 valence electrons. The van der Waals surface area contributed by atoms with Crippen molar-refractivity contribution in [3.05, 3.63) is 51.2 Å². The smallest absolute Gasteiger partial charge is 0.263 e. The third-order valence-electron chi connectivity index (χ3n) is 3.82. The van der Waals surface area contributed by atoms with Crippen molar-refractivity contribution in [1.29, 1.82) is 0 Å². The van der Waals surface area contributed by atoms with E-state index in [0.29, 0.717) is 31.3 Å². The van der Waals surface area contributed by atoms with Gasteiger partial charge in [0.05, 0.1) is 13.2 Å². The van der Waals surface area contributed by atoms with Gasteiger partial charge in [0.25, 0.3) is 5.91 Å².